The number of ether oxygens (including phenoxy) is 1. The van der Waals surface area contributed by atoms with Gasteiger partial charge in [0.1, 0.15) is 5.75 Å². The Morgan fingerprint density at radius 2 is 2.21 bits per heavy atom. The Morgan fingerprint density at radius 3 is 2.79 bits per heavy atom. The molecule has 4 heteroatoms. The molecule has 0 fully saturated rings. The molecule has 0 aliphatic heterocycles. The number of aryl methyl sites for hydroxylation is 1. The normalized spacial score (nSPS) is 12.4. The van der Waals surface area contributed by atoms with E-state index in [0.29, 0.717) is 13.2 Å². The number of aromatic nitrogens is 2. The highest BCUT2D eigenvalue weighted by Crippen LogP contribution is 2.23. The van der Waals surface area contributed by atoms with E-state index in [1.54, 1.807) is 0 Å². The molecule has 0 spiro atoms. The molecule has 1 atom stereocenters. The Bertz CT molecular complexity index is 546. The molecule has 0 radical (unpaired) electrons. The number of benzene rings is 1. The molecule has 2 rings (SSSR count). The molecular formula is C15H21N3O. The lowest BCUT2D eigenvalue weighted by molar-refractivity contribution is 0.335. The lowest BCUT2D eigenvalue weighted by atomic mass is 10.0. The van der Waals surface area contributed by atoms with Crippen molar-refractivity contribution in [3.8, 4) is 5.75 Å². The minimum Gasteiger partial charge on any atom is -0.494 e. The third-order valence-corrected chi connectivity index (χ3v) is 3.00. The van der Waals surface area contributed by atoms with Crippen LogP contribution < -0.4 is 10.5 Å². The zero-order valence-corrected chi connectivity index (χ0v) is 11.8. The summed E-state index contributed by atoms with van der Waals surface area (Å²) in [6.07, 6.45) is 3.88. The summed E-state index contributed by atoms with van der Waals surface area (Å²) in [5.74, 6) is 0.903. The molecule has 0 bridgehead atoms. The van der Waals surface area contributed by atoms with Crippen LogP contribution in [0, 0.1) is 6.92 Å². The van der Waals surface area contributed by atoms with Gasteiger partial charge in [-0.05, 0) is 44.0 Å². The molecule has 1 aromatic heterocycles. The SMILES string of the molecule is CCOc1ccc(C(C)N)cc1Cn1cc(C)cn1. The van der Waals surface area contributed by atoms with Crippen LogP contribution in [-0.4, -0.2) is 16.4 Å². The summed E-state index contributed by atoms with van der Waals surface area (Å²) in [6, 6.07) is 6.14. The van der Waals surface area contributed by atoms with Crippen molar-refractivity contribution < 1.29 is 4.74 Å². The van der Waals surface area contributed by atoms with Gasteiger partial charge in [0.15, 0.2) is 0 Å². The molecule has 0 amide bonds. The Kier molecular flexibility index (Phi) is 4.22. The maximum atomic E-state index is 5.94. The van der Waals surface area contributed by atoms with Crippen LogP contribution in [0.5, 0.6) is 5.75 Å². The standard InChI is InChI=1S/C15H21N3O/c1-4-19-15-6-5-13(12(3)16)7-14(15)10-18-9-11(2)8-17-18/h5-9,12H,4,10,16H2,1-3H3. The molecule has 2 N–H and O–H groups in total. The van der Waals surface area contributed by atoms with Gasteiger partial charge in [-0.1, -0.05) is 6.07 Å². The van der Waals surface area contributed by atoms with Crippen molar-refractivity contribution in [1.82, 2.24) is 9.78 Å². The molecule has 0 aliphatic rings. The average molecular weight is 259 g/mol. The van der Waals surface area contributed by atoms with E-state index in [2.05, 4.69) is 11.2 Å². The van der Waals surface area contributed by atoms with Gasteiger partial charge < -0.3 is 10.5 Å². The monoisotopic (exact) mass is 259 g/mol. The smallest absolute Gasteiger partial charge is 0.124 e. The zero-order chi connectivity index (χ0) is 13.8. The van der Waals surface area contributed by atoms with Crippen molar-refractivity contribution in [3.05, 3.63) is 47.3 Å². The van der Waals surface area contributed by atoms with Gasteiger partial charge in [0.2, 0.25) is 0 Å². The predicted octanol–water partition coefficient (Wildman–Crippen LogP) is 2.66. The van der Waals surface area contributed by atoms with E-state index in [1.165, 1.54) is 0 Å². The van der Waals surface area contributed by atoms with E-state index in [-0.39, 0.29) is 6.04 Å². The fourth-order valence-electron chi connectivity index (χ4n) is 2.03. The zero-order valence-electron chi connectivity index (χ0n) is 11.8. The van der Waals surface area contributed by atoms with Crippen LogP contribution in [0.1, 0.15) is 36.6 Å². The van der Waals surface area contributed by atoms with Gasteiger partial charge in [0.25, 0.3) is 0 Å². The summed E-state index contributed by atoms with van der Waals surface area (Å²) in [5.41, 5.74) is 9.32. The second-order valence-corrected chi connectivity index (χ2v) is 4.80. The summed E-state index contributed by atoms with van der Waals surface area (Å²) in [4.78, 5) is 0. The summed E-state index contributed by atoms with van der Waals surface area (Å²) >= 11 is 0. The molecule has 102 valence electrons. The van der Waals surface area contributed by atoms with E-state index < -0.39 is 0 Å². The van der Waals surface area contributed by atoms with E-state index in [4.69, 9.17) is 10.5 Å². The van der Waals surface area contributed by atoms with Crippen LogP contribution in [0.3, 0.4) is 0 Å². The van der Waals surface area contributed by atoms with Gasteiger partial charge in [-0.3, -0.25) is 4.68 Å². The van der Waals surface area contributed by atoms with Gasteiger partial charge >= 0.3 is 0 Å². The summed E-state index contributed by atoms with van der Waals surface area (Å²) in [7, 11) is 0. The second-order valence-electron chi connectivity index (χ2n) is 4.80. The highest BCUT2D eigenvalue weighted by molar-refractivity contribution is 5.38. The molecule has 0 saturated carbocycles. The molecule has 0 saturated heterocycles. The minimum atomic E-state index is 0.0220. The molecule has 1 heterocycles. The Balaban J connectivity index is 2.31. The third-order valence-electron chi connectivity index (χ3n) is 3.00. The van der Waals surface area contributed by atoms with Crippen molar-refractivity contribution in [2.45, 2.75) is 33.4 Å². The average Bonchev–Trinajstić information content (AvgIpc) is 2.77. The quantitative estimate of drug-likeness (QED) is 0.898. The van der Waals surface area contributed by atoms with Gasteiger partial charge in [0.05, 0.1) is 19.3 Å². The minimum absolute atomic E-state index is 0.0220. The maximum absolute atomic E-state index is 5.94. The number of nitrogens with two attached hydrogens (primary N) is 1. The van der Waals surface area contributed by atoms with E-state index in [9.17, 15) is 0 Å². The lowest BCUT2D eigenvalue weighted by Gasteiger charge is -2.14. The summed E-state index contributed by atoms with van der Waals surface area (Å²) < 4.78 is 7.58. The van der Waals surface area contributed by atoms with E-state index in [0.717, 1.165) is 22.4 Å². The van der Waals surface area contributed by atoms with Crippen molar-refractivity contribution in [2.75, 3.05) is 6.61 Å². The fourth-order valence-corrected chi connectivity index (χ4v) is 2.03. The summed E-state index contributed by atoms with van der Waals surface area (Å²) in [6.45, 7) is 7.36. The predicted molar refractivity (Wildman–Crippen MR) is 76.3 cm³/mol. The van der Waals surface area contributed by atoms with Crippen molar-refractivity contribution in [3.63, 3.8) is 0 Å². The van der Waals surface area contributed by atoms with Crippen LogP contribution in [0.25, 0.3) is 0 Å². The molecule has 1 aromatic carbocycles. The number of nitrogens with zero attached hydrogens (tertiary/aromatic N) is 2. The van der Waals surface area contributed by atoms with Gasteiger partial charge in [0, 0.05) is 17.8 Å². The summed E-state index contributed by atoms with van der Waals surface area (Å²) in [5, 5.41) is 4.32. The first-order valence-corrected chi connectivity index (χ1v) is 6.60. The highest BCUT2D eigenvalue weighted by atomic mass is 16.5. The van der Waals surface area contributed by atoms with Gasteiger partial charge in [-0.15, -0.1) is 0 Å². The molecule has 4 nitrogen and oxygen atoms in total. The Labute approximate surface area is 114 Å². The highest BCUT2D eigenvalue weighted by Gasteiger charge is 2.08. The number of hydrogen-bond donors (Lipinski definition) is 1. The Hall–Kier alpha value is -1.81. The number of rotatable bonds is 5. The molecule has 1 unspecified atom stereocenters. The largest absolute Gasteiger partial charge is 0.494 e. The van der Waals surface area contributed by atoms with Crippen LogP contribution >= 0.6 is 0 Å². The van der Waals surface area contributed by atoms with Crippen molar-refractivity contribution >= 4 is 0 Å². The first-order chi connectivity index (χ1) is 9.10. The van der Waals surface area contributed by atoms with Crippen molar-refractivity contribution in [2.24, 2.45) is 5.73 Å². The van der Waals surface area contributed by atoms with E-state index in [1.807, 2.05) is 50.0 Å². The van der Waals surface area contributed by atoms with Crippen LogP contribution in [-0.2, 0) is 6.54 Å². The molecular weight excluding hydrogens is 238 g/mol. The fraction of sp³-hybridized carbons (Fsp3) is 0.400. The first-order valence-electron chi connectivity index (χ1n) is 6.60. The third kappa shape index (κ3) is 3.35. The van der Waals surface area contributed by atoms with Crippen LogP contribution in [0.15, 0.2) is 30.6 Å². The maximum Gasteiger partial charge on any atom is 0.124 e. The second kappa shape index (κ2) is 5.89. The number of hydrogen-bond acceptors (Lipinski definition) is 3. The van der Waals surface area contributed by atoms with Gasteiger partial charge in [-0.25, -0.2) is 0 Å². The van der Waals surface area contributed by atoms with Crippen molar-refractivity contribution in [1.29, 1.82) is 0 Å². The first kappa shape index (κ1) is 13.6. The molecule has 2 aromatic rings. The van der Waals surface area contributed by atoms with Crippen LogP contribution in [0.2, 0.25) is 0 Å². The van der Waals surface area contributed by atoms with E-state index >= 15 is 0 Å². The van der Waals surface area contributed by atoms with Gasteiger partial charge in [-0.2, -0.15) is 5.10 Å². The lowest BCUT2D eigenvalue weighted by Crippen LogP contribution is -2.08. The topological polar surface area (TPSA) is 53.1 Å². The molecule has 0 aliphatic carbocycles. The van der Waals surface area contributed by atoms with Crippen LogP contribution in [0.4, 0.5) is 0 Å². The molecule has 19 heavy (non-hydrogen) atoms. The Morgan fingerprint density at radius 1 is 1.42 bits per heavy atom.